The van der Waals surface area contributed by atoms with Crippen LogP contribution in [0.4, 0.5) is 4.39 Å². The summed E-state index contributed by atoms with van der Waals surface area (Å²) in [5.74, 6) is -0.407. The predicted octanol–water partition coefficient (Wildman–Crippen LogP) is 3.18. The Morgan fingerprint density at radius 1 is 1.50 bits per heavy atom. The van der Waals surface area contributed by atoms with E-state index in [0.29, 0.717) is 6.42 Å². The fourth-order valence-electron chi connectivity index (χ4n) is 1.45. The summed E-state index contributed by atoms with van der Waals surface area (Å²) in [5.41, 5.74) is 8.43. The maximum Gasteiger partial charge on any atom is 0.142 e. The number of thiazole rings is 1. The zero-order chi connectivity index (χ0) is 11.5. The number of rotatable bonds is 3. The van der Waals surface area contributed by atoms with Crippen LogP contribution in [-0.2, 0) is 6.42 Å². The van der Waals surface area contributed by atoms with Crippen molar-refractivity contribution < 1.29 is 4.39 Å². The molecule has 0 amide bonds. The van der Waals surface area contributed by atoms with Crippen LogP contribution >= 0.6 is 22.9 Å². The summed E-state index contributed by atoms with van der Waals surface area (Å²) in [6, 6.07) is 4.57. The Balaban J connectivity index is 2.18. The molecular weight excluding hydrogens is 247 g/mol. The maximum absolute atomic E-state index is 13.2. The van der Waals surface area contributed by atoms with E-state index in [1.165, 1.54) is 17.4 Å². The van der Waals surface area contributed by atoms with E-state index in [0.717, 1.165) is 10.4 Å². The lowest BCUT2D eigenvalue weighted by atomic mass is 10.1. The van der Waals surface area contributed by atoms with Crippen molar-refractivity contribution in [3.05, 3.63) is 51.2 Å². The van der Waals surface area contributed by atoms with Gasteiger partial charge in [-0.05, 0) is 18.1 Å². The number of nitrogens with zero attached hydrogens (tertiary/aromatic N) is 1. The summed E-state index contributed by atoms with van der Waals surface area (Å²) in [7, 11) is 0. The van der Waals surface area contributed by atoms with Crippen molar-refractivity contribution in [3.8, 4) is 0 Å². The van der Waals surface area contributed by atoms with Gasteiger partial charge in [0, 0.05) is 17.1 Å². The molecule has 0 aliphatic heterocycles. The highest BCUT2D eigenvalue weighted by Gasteiger charge is 2.12. The average molecular weight is 257 g/mol. The first kappa shape index (κ1) is 11.5. The number of aromatic nitrogens is 1. The van der Waals surface area contributed by atoms with Crippen molar-refractivity contribution in [2.75, 3.05) is 0 Å². The van der Waals surface area contributed by atoms with E-state index in [1.807, 2.05) is 0 Å². The average Bonchev–Trinajstić information content (AvgIpc) is 2.78. The normalized spacial score (nSPS) is 12.7. The summed E-state index contributed by atoms with van der Waals surface area (Å²) in [5, 5.41) is 0.155. The Bertz CT molecular complexity index is 473. The second-order valence-corrected chi connectivity index (χ2v) is 4.72. The summed E-state index contributed by atoms with van der Waals surface area (Å²) < 4.78 is 13.2. The second-order valence-electron chi connectivity index (χ2n) is 3.43. The first-order valence-electron chi connectivity index (χ1n) is 4.75. The van der Waals surface area contributed by atoms with E-state index < -0.39 is 5.82 Å². The van der Waals surface area contributed by atoms with Crippen LogP contribution < -0.4 is 5.73 Å². The zero-order valence-corrected chi connectivity index (χ0v) is 9.93. The van der Waals surface area contributed by atoms with Crippen LogP contribution in [0.15, 0.2) is 29.9 Å². The highest BCUT2D eigenvalue weighted by Crippen LogP contribution is 2.25. The minimum Gasteiger partial charge on any atom is -0.323 e. The van der Waals surface area contributed by atoms with Crippen molar-refractivity contribution in [3.63, 3.8) is 0 Å². The van der Waals surface area contributed by atoms with Crippen molar-refractivity contribution in [2.24, 2.45) is 5.73 Å². The third kappa shape index (κ3) is 2.40. The third-order valence-electron chi connectivity index (χ3n) is 2.29. The van der Waals surface area contributed by atoms with Crippen LogP contribution in [0.1, 0.15) is 16.5 Å². The van der Waals surface area contributed by atoms with E-state index in [2.05, 4.69) is 4.98 Å². The van der Waals surface area contributed by atoms with E-state index in [9.17, 15) is 4.39 Å². The molecular formula is C11H10ClFN2S. The molecule has 84 valence electrons. The lowest BCUT2D eigenvalue weighted by molar-refractivity contribution is 0.623. The molecule has 0 radical (unpaired) electrons. The Kier molecular flexibility index (Phi) is 3.53. The second kappa shape index (κ2) is 4.91. The van der Waals surface area contributed by atoms with Crippen molar-refractivity contribution >= 4 is 22.9 Å². The van der Waals surface area contributed by atoms with E-state index in [-0.39, 0.29) is 11.1 Å². The van der Waals surface area contributed by atoms with Crippen LogP contribution in [0.2, 0.25) is 5.02 Å². The smallest absolute Gasteiger partial charge is 0.142 e. The van der Waals surface area contributed by atoms with Gasteiger partial charge in [0.25, 0.3) is 0 Å². The van der Waals surface area contributed by atoms with Crippen molar-refractivity contribution in [1.82, 2.24) is 4.98 Å². The molecule has 5 heteroatoms. The van der Waals surface area contributed by atoms with Crippen LogP contribution in [0, 0.1) is 5.82 Å². The predicted molar refractivity (Wildman–Crippen MR) is 64.2 cm³/mol. The van der Waals surface area contributed by atoms with Gasteiger partial charge in [0.05, 0.1) is 10.5 Å². The first-order valence-corrected chi connectivity index (χ1v) is 6.01. The molecule has 2 N–H and O–H groups in total. The minimum atomic E-state index is -0.407. The van der Waals surface area contributed by atoms with E-state index >= 15 is 0 Å². The molecule has 0 fully saturated rings. The monoisotopic (exact) mass is 256 g/mol. The van der Waals surface area contributed by atoms with Crippen LogP contribution in [0.3, 0.4) is 0 Å². The molecule has 0 bridgehead atoms. The van der Waals surface area contributed by atoms with Gasteiger partial charge in [0.1, 0.15) is 5.82 Å². The molecule has 0 saturated heterocycles. The van der Waals surface area contributed by atoms with Crippen LogP contribution in [0.25, 0.3) is 0 Å². The van der Waals surface area contributed by atoms with Gasteiger partial charge in [0.2, 0.25) is 0 Å². The Morgan fingerprint density at radius 3 is 3.00 bits per heavy atom. The van der Waals surface area contributed by atoms with Gasteiger partial charge in [-0.1, -0.05) is 23.7 Å². The Hall–Kier alpha value is -0.970. The fraction of sp³-hybridized carbons (Fsp3) is 0.182. The van der Waals surface area contributed by atoms with Gasteiger partial charge in [0.15, 0.2) is 0 Å². The largest absolute Gasteiger partial charge is 0.323 e. The first-order chi connectivity index (χ1) is 7.68. The Morgan fingerprint density at radius 2 is 2.31 bits per heavy atom. The molecule has 0 spiro atoms. The number of nitrogens with two attached hydrogens (primary N) is 1. The molecule has 1 aromatic heterocycles. The third-order valence-corrected chi connectivity index (χ3v) is 3.62. The standard InChI is InChI=1S/C11H10ClFN2S/c12-11-7(2-1-3-8(11)13)4-9(14)10-5-15-6-16-10/h1-3,5-6,9H,4,14H2. The minimum absolute atomic E-state index is 0.155. The molecule has 2 nitrogen and oxygen atoms in total. The molecule has 1 atom stereocenters. The van der Waals surface area contributed by atoms with Crippen molar-refractivity contribution in [1.29, 1.82) is 0 Å². The topological polar surface area (TPSA) is 38.9 Å². The molecule has 0 saturated carbocycles. The number of hydrogen-bond acceptors (Lipinski definition) is 3. The Labute approximate surface area is 102 Å². The lowest BCUT2D eigenvalue weighted by Gasteiger charge is -2.10. The number of halogens is 2. The molecule has 1 unspecified atom stereocenters. The SMILES string of the molecule is NC(Cc1cccc(F)c1Cl)c1cncs1. The maximum atomic E-state index is 13.2. The van der Waals surface area contributed by atoms with Crippen LogP contribution in [0.5, 0.6) is 0 Å². The summed E-state index contributed by atoms with van der Waals surface area (Å²) in [6.07, 6.45) is 2.24. The highest BCUT2D eigenvalue weighted by atomic mass is 35.5. The lowest BCUT2D eigenvalue weighted by Crippen LogP contribution is -2.12. The van der Waals surface area contributed by atoms with Crippen molar-refractivity contribution in [2.45, 2.75) is 12.5 Å². The molecule has 0 aliphatic carbocycles. The molecule has 1 heterocycles. The van der Waals surface area contributed by atoms with E-state index in [4.69, 9.17) is 17.3 Å². The van der Waals surface area contributed by atoms with Gasteiger partial charge in [-0.2, -0.15) is 0 Å². The fourth-order valence-corrected chi connectivity index (χ4v) is 2.28. The van der Waals surface area contributed by atoms with Gasteiger partial charge in [-0.3, -0.25) is 4.98 Å². The molecule has 2 rings (SSSR count). The molecule has 2 aromatic rings. The van der Waals surface area contributed by atoms with Gasteiger partial charge in [-0.25, -0.2) is 4.39 Å². The highest BCUT2D eigenvalue weighted by molar-refractivity contribution is 7.09. The number of hydrogen-bond donors (Lipinski definition) is 1. The zero-order valence-electron chi connectivity index (χ0n) is 8.36. The summed E-state index contributed by atoms with van der Waals surface area (Å²) >= 11 is 7.34. The summed E-state index contributed by atoms with van der Waals surface area (Å²) in [4.78, 5) is 4.93. The molecule has 0 aliphatic rings. The number of benzene rings is 1. The van der Waals surface area contributed by atoms with Gasteiger partial charge < -0.3 is 5.73 Å². The summed E-state index contributed by atoms with van der Waals surface area (Å²) in [6.45, 7) is 0. The molecule has 1 aromatic carbocycles. The molecule has 16 heavy (non-hydrogen) atoms. The van der Waals surface area contributed by atoms with Crippen LogP contribution in [-0.4, -0.2) is 4.98 Å². The van der Waals surface area contributed by atoms with Gasteiger partial charge >= 0.3 is 0 Å². The quantitative estimate of drug-likeness (QED) is 0.916. The van der Waals surface area contributed by atoms with Gasteiger partial charge in [-0.15, -0.1) is 11.3 Å². The van der Waals surface area contributed by atoms with E-state index in [1.54, 1.807) is 23.8 Å².